The Morgan fingerprint density at radius 1 is 0.857 bits per heavy atom. The topological polar surface area (TPSA) is 58.2 Å². The van der Waals surface area contributed by atoms with Crippen LogP contribution in [0.1, 0.15) is 49.4 Å². The highest BCUT2D eigenvalue weighted by Gasteiger charge is 2.48. The molecule has 148 valence electrons. The Labute approximate surface area is 167 Å². The van der Waals surface area contributed by atoms with Crippen molar-refractivity contribution in [3.63, 3.8) is 0 Å². The molecule has 2 unspecified atom stereocenters. The van der Waals surface area contributed by atoms with Gasteiger partial charge in [0, 0.05) is 11.4 Å². The van der Waals surface area contributed by atoms with Crippen molar-refractivity contribution in [1.29, 1.82) is 0 Å². The molecule has 1 aliphatic rings. The maximum atomic E-state index is 12.6. The molecule has 1 fully saturated rings. The van der Waals surface area contributed by atoms with E-state index in [1.54, 1.807) is 0 Å². The van der Waals surface area contributed by atoms with Crippen molar-refractivity contribution in [1.82, 2.24) is 0 Å². The van der Waals surface area contributed by atoms with Gasteiger partial charge < -0.3 is 10.6 Å². The molecule has 0 bridgehead atoms. The predicted molar refractivity (Wildman–Crippen MR) is 115 cm³/mol. The molecule has 4 heteroatoms. The minimum atomic E-state index is -0.256. The van der Waals surface area contributed by atoms with E-state index in [-0.39, 0.29) is 29.1 Å². The van der Waals surface area contributed by atoms with Crippen LogP contribution in [0.5, 0.6) is 0 Å². The number of anilines is 2. The number of carbonyl (C=O) groups excluding carboxylic acids is 2. The summed E-state index contributed by atoms with van der Waals surface area (Å²) < 4.78 is 0. The second kappa shape index (κ2) is 7.42. The number of hydrogen-bond donors (Lipinski definition) is 2. The monoisotopic (exact) mass is 378 g/mol. The Morgan fingerprint density at radius 2 is 1.36 bits per heavy atom. The van der Waals surface area contributed by atoms with Crippen molar-refractivity contribution in [3.8, 4) is 0 Å². The number of nitrogens with one attached hydrogen (secondary N) is 2. The fourth-order valence-corrected chi connectivity index (χ4v) is 3.66. The van der Waals surface area contributed by atoms with Gasteiger partial charge in [-0.3, -0.25) is 9.59 Å². The molecule has 2 aromatic rings. The molecule has 0 saturated heterocycles. The van der Waals surface area contributed by atoms with Gasteiger partial charge in [0.1, 0.15) is 0 Å². The van der Waals surface area contributed by atoms with E-state index in [9.17, 15) is 9.59 Å². The van der Waals surface area contributed by atoms with Gasteiger partial charge in [-0.15, -0.1) is 0 Å². The Hall–Kier alpha value is -2.62. The molecule has 4 nitrogen and oxygen atoms in total. The van der Waals surface area contributed by atoms with Crippen molar-refractivity contribution in [2.24, 2.45) is 11.8 Å². The van der Waals surface area contributed by atoms with Crippen molar-refractivity contribution < 1.29 is 9.59 Å². The average Bonchev–Trinajstić information content (AvgIpc) is 3.38. The number of rotatable bonds is 4. The van der Waals surface area contributed by atoms with Crippen molar-refractivity contribution in [2.45, 2.75) is 53.4 Å². The summed E-state index contributed by atoms with van der Waals surface area (Å²) in [6.07, 6.45) is 0.599. The zero-order valence-corrected chi connectivity index (χ0v) is 17.6. The van der Waals surface area contributed by atoms with Crippen LogP contribution in [0.25, 0.3) is 0 Å². The van der Waals surface area contributed by atoms with E-state index < -0.39 is 0 Å². The lowest BCUT2D eigenvalue weighted by Crippen LogP contribution is -2.21. The van der Waals surface area contributed by atoms with Gasteiger partial charge in [0.2, 0.25) is 11.8 Å². The SMILES string of the molecule is Cc1cc(C)c(NC(=O)C2CC2C(=O)Nc2ccc(C(C)(C)C)cc2)c(C)c1. The minimum absolute atomic E-state index is 0.0710. The summed E-state index contributed by atoms with van der Waals surface area (Å²) in [6, 6.07) is 12.0. The number of aryl methyl sites for hydroxylation is 3. The van der Waals surface area contributed by atoms with Gasteiger partial charge in [0.15, 0.2) is 0 Å². The molecular formula is C24H30N2O2. The van der Waals surface area contributed by atoms with Crippen LogP contribution in [0.3, 0.4) is 0 Å². The van der Waals surface area contributed by atoms with Gasteiger partial charge in [-0.2, -0.15) is 0 Å². The molecule has 0 heterocycles. The molecule has 28 heavy (non-hydrogen) atoms. The zero-order chi connectivity index (χ0) is 20.6. The highest BCUT2D eigenvalue weighted by Crippen LogP contribution is 2.40. The first-order chi connectivity index (χ1) is 13.1. The maximum Gasteiger partial charge on any atom is 0.228 e. The standard InChI is InChI=1S/C24H30N2O2/c1-14-11-15(2)21(16(3)12-14)26-23(28)20-13-19(20)22(27)25-18-9-7-17(8-10-18)24(4,5)6/h7-12,19-20H,13H2,1-6H3,(H,25,27)(H,26,28). The Morgan fingerprint density at radius 3 is 1.86 bits per heavy atom. The molecule has 0 aliphatic heterocycles. The largest absolute Gasteiger partial charge is 0.326 e. The summed E-state index contributed by atoms with van der Waals surface area (Å²) in [4.78, 5) is 25.1. The van der Waals surface area contributed by atoms with Crippen LogP contribution >= 0.6 is 0 Å². The lowest BCUT2D eigenvalue weighted by Gasteiger charge is -2.19. The molecule has 2 N–H and O–H groups in total. The Balaban J connectivity index is 1.59. The molecule has 0 spiro atoms. The third-order valence-electron chi connectivity index (χ3n) is 5.41. The number of carbonyl (C=O) groups is 2. The summed E-state index contributed by atoms with van der Waals surface area (Å²) >= 11 is 0. The summed E-state index contributed by atoms with van der Waals surface area (Å²) in [7, 11) is 0. The van der Waals surface area contributed by atoms with Crippen LogP contribution in [-0.4, -0.2) is 11.8 Å². The molecule has 1 aliphatic carbocycles. The summed E-state index contributed by atoms with van der Waals surface area (Å²) in [5.41, 5.74) is 6.20. The van der Waals surface area contributed by atoms with E-state index in [2.05, 4.69) is 43.5 Å². The van der Waals surface area contributed by atoms with Gasteiger partial charge >= 0.3 is 0 Å². The number of hydrogen-bond acceptors (Lipinski definition) is 2. The van der Waals surface area contributed by atoms with Crippen molar-refractivity contribution in [2.75, 3.05) is 10.6 Å². The highest BCUT2D eigenvalue weighted by molar-refractivity contribution is 6.03. The molecule has 2 amide bonds. The quantitative estimate of drug-likeness (QED) is 0.775. The molecule has 1 saturated carbocycles. The lowest BCUT2D eigenvalue weighted by molar-refractivity contribution is -0.122. The second-order valence-corrected chi connectivity index (χ2v) is 9.03. The van der Waals surface area contributed by atoms with Crippen LogP contribution in [-0.2, 0) is 15.0 Å². The third kappa shape index (κ3) is 4.44. The van der Waals surface area contributed by atoms with E-state index >= 15 is 0 Å². The van der Waals surface area contributed by atoms with E-state index in [0.717, 1.165) is 22.5 Å². The molecule has 3 rings (SSSR count). The van der Waals surface area contributed by atoms with E-state index in [1.807, 2.05) is 45.0 Å². The first-order valence-electron chi connectivity index (χ1n) is 9.86. The van der Waals surface area contributed by atoms with Crippen LogP contribution < -0.4 is 10.6 Å². The molecule has 2 atom stereocenters. The van der Waals surface area contributed by atoms with Gasteiger partial charge in [-0.1, -0.05) is 50.6 Å². The first-order valence-corrected chi connectivity index (χ1v) is 9.86. The summed E-state index contributed by atoms with van der Waals surface area (Å²) in [6.45, 7) is 12.5. The molecule has 2 aromatic carbocycles. The predicted octanol–water partition coefficient (Wildman–Crippen LogP) is 5.12. The summed E-state index contributed by atoms with van der Waals surface area (Å²) in [5.74, 6) is -0.665. The Kier molecular flexibility index (Phi) is 5.33. The van der Waals surface area contributed by atoms with Gasteiger partial charge in [0.05, 0.1) is 11.8 Å². The first kappa shape index (κ1) is 20.1. The fourth-order valence-electron chi connectivity index (χ4n) is 3.66. The molecule has 0 aromatic heterocycles. The van der Waals surface area contributed by atoms with Crippen LogP contribution in [0, 0.1) is 32.6 Å². The maximum absolute atomic E-state index is 12.6. The fraction of sp³-hybridized carbons (Fsp3) is 0.417. The van der Waals surface area contributed by atoms with E-state index in [0.29, 0.717) is 6.42 Å². The smallest absolute Gasteiger partial charge is 0.228 e. The van der Waals surface area contributed by atoms with Gasteiger partial charge in [0.25, 0.3) is 0 Å². The third-order valence-corrected chi connectivity index (χ3v) is 5.41. The number of benzene rings is 2. The lowest BCUT2D eigenvalue weighted by atomic mass is 9.87. The normalized spacial score (nSPS) is 18.5. The highest BCUT2D eigenvalue weighted by atomic mass is 16.2. The van der Waals surface area contributed by atoms with Crippen LogP contribution in [0.15, 0.2) is 36.4 Å². The molecule has 0 radical (unpaired) electrons. The van der Waals surface area contributed by atoms with Crippen molar-refractivity contribution >= 4 is 23.2 Å². The zero-order valence-electron chi connectivity index (χ0n) is 17.6. The van der Waals surface area contributed by atoms with Crippen LogP contribution in [0.4, 0.5) is 11.4 Å². The van der Waals surface area contributed by atoms with Gasteiger partial charge in [-0.05, 0) is 61.4 Å². The second-order valence-electron chi connectivity index (χ2n) is 9.03. The van der Waals surface area contributed by atoms with E-state index in [4.69, 9.17) is 0 Å². The molecular weight excluding hydrogens is 348 g/mol. The van der Waals surface area contributed by atoms with Crippen molar-refractivity contribution in [3.05, 3.63) is 58.7 Å². The van der Waals surface area contributed by atoms with Crippen LogP contribution in [0.2, 0.25) is 0 Å². The average molecular weight is 379 g/mol. The summed E-state index contributed by atoms with van der Waals surface area (Å²) in [5, 5.41) is 5.96. The minimum Gasteiger partial charge on any atom is -0.326 e. The Bertz CT molecular complexity index is 884. The number of amides is 2. The van der Waals surface area contributed by atoms with Gasteiger partial charge in [-0.25, -0.2) is 0 Å². The van der Waals surface area contributed by atoms with E-state index in [1.165, 1.54) is 11.1 Å².